The fourth-order valence-electron chi connectivity index (χ4n) is 2.18. The fraction of sp³-hybridized carbons (Fsp3) is 0.533. The van der Waals surface area contributed by atoms with Crippen LogP contribution in [0.15, 0.2) is 18.2 Å². The van der Waals surface area contributed by atoms with E-state index in [1.807, 2.05) is 0 Å². The Morgan fingerprint density at radius 2 is 1.80 bits per heavy atom. The first-order chi connectivity index (χ1) is 9.32. The van der Waals surface area contributed by atoms with Crippen LogP contribution in [0.25, 0.3) is 0 Å². The zero-order valence-electron chi connectivity index (χ0n) is 12.4. The third-order valence-electron chi connectivity index (χ3n) is 3.16. The minimum atomic E-state index is -0.714. The van der Waals surface area contributed by atoms with Crippen LogP contribution in [0.1, 0.15) is 38.1 Å². The van der Waals surface area contributed by atoms with Crippen molar-refractivity contribution in [2.24, 2.45) is 0 Å². The second kappa shape index (κ2) is 7.33. The van der Waals surface area contributed by atoms with E-state index in [-0.39, 0.29) is 5.56 Å². The summed E-state index contributed by atoms with van der Waals surface area (Å²) < 4.78 is 26.4. The van der Waals surface area contributed by atoms with Crippen molar-refractivity contribution < 1.29 is 13.6 Å². The van der Waals surface area contributed by atoms with E-state index in [9.17, 15) is 13.6 Å². The predicted molar refractivity (Wildman–Crippen MR) is 75.7 cm³/mol. The molecule has 0 bridgehead atoms. The maximum Gasteiger partial charge on any atom is 0.254 e. The summed E-state index contributed by atoms with van der Waals surface area (Å²) in [6.07, 6.45) is 0. The number of amides is 1. The summed E-state index contributed by atoms with van der Waals surface area (Å²) in [6.45, 7) is 9.37. The number of hydrogen-bond donors (Lipinski definition) is 1. The molecule has 0 saturated heterocycles. The van der Waals surface area contributed by atoms with Crippen molar-refractivity contribution in [3.8, 4) is 0 Å². The van der Waals surface area contributed by atoms with Crippen LogP contribution in [0.4, 0.5) is 8.78 Å². The van der Waals surface area contributed by atoms with Crippen molar-refractivity contribution in [1.82, 2.24) is 10.2 Å². The van der Waals surface area contributed by atoms with Gasteiger partial charge in [0.25, 0.3) is 5.91 Å². The molecule has 0 heterocycles. The molecule has 112 valence electrons. The molecule has 0 spiro atoms. The number of halogens is 2. The SMILES string of the molecule is CC(C)N(CCNC(=O)c1cc(F)ccc1F)C(C)C. The second-order valence-electron chi connectivity index (χ2n) is 5.31. The smallest absolute Gasteiger partial charge is 0.254 e. The van der Waals surface area contributed by atoms with Gasteiger partial charge in [-0.2, -0.15) is 0 Å². The third-order valence-corrected chi connectivity index (χ3v) is 3.16. The number of nitrogens with one attached hydrogen (secondary N) is 1. The molecule has 0 atom stereocenters. The molecular weight excluding hydrogens is 262 g/mol. The molecule has 0 aliphatic rings. The highest BCUT2D eigenvalue weighted by Gasteiger charge is 2.15. The van der Waals surface area contributed by atoms with E-state index >= 15 is 0 Å². The van der Waals surface area contributed by atoms with Crippen LogP contribution in [0.2, 0.25) is 0 Å². The molecule has 0 radical (unpaired) electrons. The Morgan fingerprint density at radius 3 is 2.35 bits per heavy atom. The van der Waals surface area contributed by atoms with Gasteiger partial charge in [0.15, 0.2) is 0 Å². The van der Waals surface area contributed by atoms with Gasteiger partial charge in [-0.15, -0.1) is 0 Å². The molecule has 5 heteroatoms. The predicted octanol–water partition coefficient (Wildman–Crippen LogP) is 2.81. The lowest BCUT2D eigenvalue weighted by molar-refractivity contribution is 0.0935. The van der Waals surface area contributed by atoms with Crippen molar-refractivity contribution in [1.29, 1.82) is 0 Å². The lowest BCUT2D eigenvalue weighted by Crippen LogP contribution is -2.42. The summed E-state index contributed by atoms with van der Waals surface area (Å²) in [5, 5.41) is 2.62. The average molecular weight is 284 g/mol. The van der Waals surface area contributed by atoms with Crippen molar-refractivity contribution in [3.05, 3.63) is 35.4 Å². The van der Waals surface area contributed by atoms with E-state index in [0.29, 0.717) is 25.2 Å². The topological polar surface area (TPSA) is 32.3 Å². The Bertz CT molecular complexity index is 453. The van der Waals surface area contributed by atoms with Crippen LogP contribution < -0.4 is 5.32 Å². The van der Waals surface area contributed by atoms with Gasteiger partial charge in [0.05, 0.1) is 5.56 Å². The number of nitrogens with zero attached hydrogens (tertiary/aromatic N) is 1. The van der Waals surface area contributed by atoms with Crippen molar-refractivity contribution in [2.75, 3.05) is 13.1 Å². The molecule has 0 aromatic heterocycles. The van der Waals surface area contributed by atoms with E-state index in [0.717, 1.165) is 18.2 Å². The second-order valence-corrected chi connectivity index (χ2v) is 5.31. The minimum Gasteiger partial charge on any atom is -0.351 e. The zero-order valence-corrected chi connectivity index (χ0v) is 12.4. The quantitative estimate of drug-likeness (QED) is 0.871. The van der Waals surface area contributed by atoms with Gasteiger partial charge in [-0.1, -0.05) is 0 Å². The van der Waals surface area contributed by atoms with E-state index in [4.69, 9.17) is 0 Å². The highest BCUT2D eigenvalue weighted by Crippen LogP contribution is 2.09. The Hall–Kier alpha value is -1.49. The molecule has 3 nitrogen and oxygen atoms in total. The van der Waals surface area contributed by atoms with Crippen LogP contribution in [0.3, 0.4) is 0 Å². The third kappa shape index (κ3) is 4.56. The summed E-state index contributed by atoms with van der Waals surface area (Å²) in [6, 6.07) is 3.58. The first kappa shape index (κ1) is 16.6. The van der Waals surface area contributed by atoms with E-state index in [1.165, 1.54) is 0 Å². The van der Waals surface area contributed by atoms with Gasteiger partial charge in [-0.25, -0.2) is 8.78 Å². The molecule has 20 heavy (non-hydrogen) atoms. The number of hydrogen-bond acceptors (Lipinski definition) is 2. The molecule has 0 saturated carbocycles. The lowest BCUT2D eigenvalue weighted by Gasteiger charge is -2.30. The molecule has 1 aromatic rings. The van der Waals surface area contributed by atoms with Gasteiger partial charge in [0, 0.05) is 25.2 Å². The fourth-order valence-corrected chi connectivity index (χ4v) is 2.18. The number of carbonyl (C=O) groups is 1. The molecule has 1 rings (SSSR count). The zero-order chi connectivity index (χ0) is 15.3. The number of benzene rings is 1. The Morgan fingerprint density at radius 1 is 1.20 bits per heavy atom. The Balaban J connectivity index is 2.57. The molecule has 0 fully saturated rings. The summed E-state index contributed by atoms with van der Waals surface area (Å²) in [5.41, 5.74) is -0.259. The van der Waals surface area contributed by atoms with Gasteiger partial charge in [0.2, 0.25) is 0 Å². The molecule has 1 N–H and O–H groups in total. The summed E-state index contributed by atoms with van der Waals surface area (Å²) in [7, 11) is 0. The first-order valence-corrected chi connectivity index (χ1v) is 6.82. The van der Waals surface area contributed by atoms with E-state index < -0.39 is 17.5 Å². The van der Waals surface area contributed by atoms with Crippen LogP contribution in [0.5, 0.6) is 0 Å². The van der Waals surface area contributed by atoms with Crippen LogP contribution in [0, 0.1) is 11.6 Å². The molecule has 1 amide bonds. The normalized spacial score (nSPS) is 11.4. The maximum atomic E-state index is 13.4. The highest BCUT2D eigenvalue weighted by molar-refractivity contribution is 5.94. The van der Waals surface area contributed by atoms with Gasteiger partial charge in [-0.3, -0.25) is 9.69 Å². The summed E-state index contributed by atoms with van der Waals surface area (Å²) in [4.78, 5) is 14.0. The van der Waals surface area contributed by atoms with Gasteiger partial charge >= 0.3 is 0 Å². The van der Waals surface area contributed by atoms with Crippen LogP contribution in [-0.2, 0) is 0 Å². The Kier molecular flexibility index (Phi) is 6.07. The number of rotatable bonds is 6. The maximum absolute atomic E-state index is 13.4. The largest absolute Gasteiger partial charge is 0.351 e. The van der Waals surface area contributed by atoms with Crippen molar-refractivity contribution in [3.63, 3.8) is 0 Å². The molecule has 0 aliphatic carbocycles. The molecule has 0 aliphatic heterocycles. The van der Waals surface area contributed by atoms with Gasteiger partial charge < -0.3 is 5.32 Å². The Labute approximate surface area is 119 Å². The molecular formula is C15H22F2N2O. The molecule has 1 aromatic carbocycles. The summed E-state index contributed by atoms with van der Waals surface area (Å²) in [5.74, 6) is -1.93. The highest BCUT2D eigenvalue weighted by atomic mass is 19.1. The van der Waals surface area contributed by atoms with Gasteiger partial charge in [0.1, 0.15) is 11.6 Å². The minimum absolute atomic E-state index is 0.259. The first-order valence-electron chi connectivity index (χ1n) is 6.82. The van der Waals surface area contributed by atoms with Crippen molar-refractivity contribution >= 4 is 5.91 Å². The summed E-state index contributed by atoms with van der Waals surface area (Å²) >= 11 is 0. The standard InChI is InChI=1S/C15H22F2N2O/c1-10(2)19(11(3)4)8-7-18-15(20)13-9-12(16)5-6-14(13)17/h5-6,9-11H,7-8H2,1-4H3,(H,18,20). The van der Waals surface area contributed by atoms with Crippen LogP contribution >= 0.6 is 0 Å². The molecule has 0 unspecified atom stereocenters. The average Bonchev–Trinajstić information content (AvgIpc) is 2.36. The van der Waals surface area contributed by atoms with Crippen LogP contribution in [-0.4, -0.2) is 36.0 Å². The van der Waals surface area contributed by atoms with E-state index in [2.05, 4.69) is 37.9 Å². The van der Waals surface area contributed by atoms with Gasteiger partial charge in [-0.05, 0) is 45.9 Å². The monoisotopic (exact) mass is 284 g/mol. The number of carbonyl (C=O) groups excluding carboxylic acids is 1. The van der Waals surface area contributed by atoms with E-state index in [1.54, 1.807) is 0 Å². The lowest BCUT2D eigenvalue weighted by atomic mass is 10.2. The van der Waals surface area contributed by atoms with Crippen molar-refractivity contribution in [2.45, 2.75) is 39.8 Å².